The van der Waals surface area contributed by atoms with E-state index in [2.05, 4.69) is 62.5 Å². The zero-order valence-electron chi connectivity index (χ0n) is 45.0. The van der Waals surface area contributed by atoms with Gasteiger partial charge in [-0.2, -0.15) is 0 Å². The molecule has 3 atom stereocenters. The third-order valence-corrected chi connectivity index (χ3v) is 13.8. The Morgan fingerprint density at radius 2 is 0.761 bits per heavy atom. The zero-order chi connectivity index (χ0) is 48.8. The first-order valence-electron chi connectivity index (χ1n) is 29.7. The molecule has 67 heavy (non-hydrogen) atoms. The predicted molar refractivity (Wildman–Crippen MR) is 292 cm³/mol. The Hall–Kier alpha value is -1.92. The van der Waals surface area contributed by atoms with E-state index in [1.807, 2.05) is 0 Å². The number of aliphatic hydroxyl groups is 2. The number of carbonyl (C=O) groups excluding carboxylic acids is 2. The molecular weight excluding hydrogens is 827 g/mol. The van der Waals surface area contributed by atoms with Gasteiger partial charge in [0.15, 0.2) is 0 Å². The second-order valence-corrected chi connectivity index (χ2v) is 20.5. The van der Waals surface area contributed by atoms with Gasteiger partial charge in [0.1, 0.15) is 6.10 Å². The number of rotatable bonds is 54. The molecule has 394 valence electrons. The molecule has 0 radical (unpaired) electrons. The van der Waals surface area contributed by atoms with Gasteiger partial charge in [0.2, 0.25) is 5.91 Å². The standard InChI is InChI=1S/C61H115NO5/c1-4-7-10-13-16-19-22-25-28-31-34-37-40-43-46-49-52-57(67-61(66)54-51-48-45-42-39-36-33-30-27-24-21-18-15-12-9-6-3)55-60(65)62-58(56-63)59(64)53-50-47-44-41-38-35-32-29-26-23-20-17-14-11-8-5-2/h22,25,28,31,34,37,57-59,63-64H,4-21,23-24,26-27,29-30,32-33,35-36,38-56H2,1-3H3,(H,62,65)/b25-22+,31-28+,37-34+. The molecule has 0 aliphatic rings. The van der Waals surface area contributed by atoms with Crippen molar-refractivity contribution in [1.29, 1.82) is 0 Å². The Bertz CT molecular complexity index is 1100. The van der Waals surface area contributed by atoms with Gasteiger partial charge in [0, 0.05) is 6.42 Å². The van der Waals surface area contributed by atoms with Crippen molar-refractivity contribution in [2.75, 3.05) is 6.61 Å². The van der Waals surface area contributed by atoms with Crippen LogP contribution in [0.15, 0.2) is 36.5 Å². The Kier molecular flexibility index (Phi) is 53.4. The lowest BCUT2D eigenvalue weighted by molar-refractivity contribution is -0.151. The van der Waals surface area contributed by atoms with Gasteiger partial charge in [0.05, 0.1) is 25.2 Å². The molecule has 0 saturated heterocycles. The summed E-state index contributed by atoms with van der Waals surface area (Å²) < 4.78 is 5.95. The Labute approximate surface area is 417 Å². The average Bonchev–Trinajstić information content (AvgIpc) is 3.32. The highest BCUT2D eigenvalue weighted by atomic mass is 16.5. The molecule has 6 nitrogen and oxygen atoms in total. The van der Waals surface area contributed by atoms with Crippen LogP contribution in [0.2, 0.25) is 0 Å². The van der Waals surface area contributed by atoms with Gasteiger partial charge in [-0.1, -0.05) is 288 Å². The fourth-order valence-electron chi connectivity index (χ4n) is 9.26. The van der Waals surface area contributed by atoms with E-state index in [9.17, 15) is 19.8 Å². The lowest BCUT2D eigenvalue weighted by atomic mass is 10.0. The summed E-state index contributed by atoms with van der Waals surface area (Å²) in [6.45, 7) is 6.50. The van der Waals surface area contributed by atoms with Gasteiger partial charge in [-0.05, 0) is 51.4 Å². The highest BCUT2D eigenvalue weighted by Crippen LogP contribution is 2.19. The quantitative estimate of drug-likeness (QED) is 0.0321. The number of esters is 1. The van der Waals surface area contributed by atoms with Crippen LogP contribution in [0.1, 0.15) is 316 Å². The maximum Gasteiger partial charge on any atom is 0.306 e. The van der Waals surface area contributed by atoms with Crippen molar-refractivity contribution in [3.63, 3.8) is 0 Å². The average molecular weight is 943 g/mol. The summed E-state index contributed by atoms with van der Waals surface area (Å²) in [5, 5.41) is 23.9. The molecular formula is C61H115NO5. The molecule has 0 aromatic rings. The monoisotopic (exact) mass is 942 g/mol. The highest BCUT2D eigenvalue weighted by Gasteiger charge is 2.24. The molecule has 6 heteroatoms. The third-order valence-electron chi connectivity index (χ3n) is 13.8. The van der Waals surface area contributed by atoms with Crippen LogP contribution in [0.3, 0.4) is 0 Å². The summed E-state index contributed by atoms with van der Waals surface area (Å²) in [6, 6.07) is -0.711. The van der Waals surface area contributed by atoms with Gasteiger partial charge in [-0.3, -0.25) is 9.59 Å². The topological polar surface area (TPSA) is 95.9 Å². The molecule has 0 spiro atoms. The third kappa shape index (κ3) is 50.3. The molecule has 0 fully saturated rings. The molecule has 0 bridgehead atoms. The summed E-state index contributed by atoms with van der Waals surface area (Å²) in [5.41, 5.74) is 0. The molecule has 0 aliphatic heterocycles. The molecule has 0 rings (SSSR count). The molecule has 0 aliphatic carbocycles. The Morgan fingerprint density at radius 1 is 0.433 bits per heavy atom. The lowest BCUT2D eigenvalue weighted by Gasteiger charge is -2.24. The van der Waals surface area contributed by atoms with Crippen molar-refractivity contribution in [2.45, 2.75) is 334 Å². The zero-order valence-corrected chi connectivity index (χ0v) is 45.0. The van der Waals surface area contributed by atoms with E-state index >= 15 is 0 Å². The van der Waals surface area contributed by atoms with Crippen LogP contribution >= 0.6 is 0 Å². The number of allylic oxidation sites excluding steroid dienone is 6. The maximum atomic E-state index is 13.3. The summed E-state index contributed by atoms with van der Waals surface area (Å²) in [4.78, 5) is 26.3. The number of carbonyl (C=O) groups is 2. The van der Waals surface area contributed by atoms with Crippen LogP contribution in [-0.2, 0) is 14.3 Å². The van der Waals surface area contributed by atoms with Gasteiger partial charge in [-0.25, -0.2) is 0 Å². The van der Waals surface area contributed by atoms with Crippen LogP contribution < -0.4 is 5.32 Å². The smallest absolute Gasteiger partial charge is 0.306 e. The fourth-order valence-corrected chi connectivity index (χ4v) is 9.26. The van der Waals surface area contributed by atoms with Crippen LogP contribution in [0.25, 0.3) is 0 Å². The Morgan fingerprint density at radius 3 is 1.15 bits per heavy atom. The second-order valence-electron chi connectivity index (χ2n) is 20.5. The minimum atomic E-state index is -0.796. The molecule has 3 unspecified atom stereocenters. The van der Waals surface area contributed by atoms with E-state index in [0.717, 1.165) is 70.6 Å². The highest BCUT2D eigenvalue weighted by molar-refractivity contribution is 5.77. The summed E-state index contributed by atoms with van der Waals surface area (Å²) in [5.74, 6) is -0.490. The maximum absolute atomic E-state index is 13.3. The summed E-state index contributed by atoms with van der Waals surface area (Å²) >= 11 is 0. The van der Waals surface area contributed by atoms with Crippen molar-refractivity contribution in [1.82, 2.24) is 5.32 Å². The number of nitrogens with one attached hydrogen (secondary N) is 1. The van der Waals surface area contributed by atoms with E-state index in [-0.39, 0.29) is 24.9 Å². The van der Waals surface area contributed by atoms with Gasteiger partial charge < -0.3 is 20.3 Å². The van der Waals surface area contributed by atoms with Crippen molar-refractivity contribution < 1.29 is 24.5 Å². The van der Waals surface area contributed by atoms with E-state index in [0.29, 0.717) is 19.3 Å². The lowest BCUT2D eigenvalue weighted by Crippen LogP contribution is -2.46. The first-order valence-corrected chi connectivity index (χ1v) is 29.7. The Balaban J connectivity index is 4.58. The minimum absolute atomic E-state index is 0.0594. The first-order chi connectivity index (χ1) is 33.0. The van der Waals surface area contributed by atoms with E-state index < -0.39 is 18.2 Å². The van der Waals surface area contributed by atoms with Crippen molar-refractivity contribution in [3.05, 3.63) is 36.5 Å². The van der Waals surface area contributed by atoms with Crippen LogP contribution in [0, 0.1) is 0 Å². The summed E-state index contributed by atoms with van der Waals surface area (Å²) in [6.07, 6.45) is 66.4. The normalized spacial score (nSPS) is 13.3. The SMILES string of the molecule is CCCCCCC/C=C/C=C/C=C/CCCCCC(CC(=O)NC(CO)C(O)CCCCCCCCCCCCCCCCCC)OC(=O)CCCCCCCCCCCCCCCCCC. The van der Waals surface area contributed by atoms with E-state index in [1.165, 1.54) is 199 Å². The molecule has 0 aromatic heterocycles. The first kappa shape index (κ1) is 65.1. The second kappa shape index (κ2) is 55.0. The van der Waals surface area contributed by atoms with Gasteiger partial charge >= 0.3 is 5.97 Å². The number of ether oxygens (including phenoxy) is 1. The fraction of sp³-hybridized carbons (Fsp3) is 0.869. The molecule has 0 heterocycles. The van der Waals surface area contributed by atoms with Crippen molar-refractivity contribution >= 4 is 11.9 Å². The summed E-state index contributed by atoms with van der Waals surface area (Å²) in [7, 11) is 0. The molecule has 1 amide bonds. The molecule has 0 saturated carbocycles. The molecule has 0 aromatic carbocycles. The van der Waals surface area contributed by atoms with Gasteiger partial charge in [0.25, 0.3) is 0 Å². The van der Waals surface area contributed by atoms with E-state index in [1.54, 1.807) is 0 Å². The van der Waals surface area contributed by atoms with Crippen molar-refractivity contribution in [2.24, 2.45) is 0 Å². The predicted octanol–water partition coefficient (Wildman–Crippen LogP) is 18.4. The van der Waals surface area contributed by atoms with Crippen molar-refractivity contribution in [3.8, 4) is 0 Å². The van der Waals surface area contributed by atoms with Crippen LogP contribution in [-0.4, -0.2) is 46.9 Å². The molecule has 3 N–H and O–H groups in total. The number of amides is 1. The minimum Gasteiger partial charge on any atom is -0.462 e. The largest absolute Gasteiger partial charge is 0.462 e. The number of aliphatic hydroxyl groups excluding tert-OH is 2. The number of hydrogen-bond acceptors (Lipinski definition) is 5. The van der Waals surface area contributed by atoms with Gasteiger partial charge in [-0.15, -0.1) is 0 Å². The van der Waals surface area contributed by atoms with Crippen LogP contribution in [0.4, 0.5) is 0 Å². The number of hydrogen-bond donors (Lipinski definition) is 3. The number of unbranched alkanes of at least 4 members (excludes halogenated alkanes) is 38. The van der Waals surface area contributed by atoms with Crippen LogP contribution in [0.5, 0.6) is 0 Å². The van der Waals surface area contributed by atoms with E-state index in [4.69, 9.17) is 4.74 Å².